The van der Waals surface area contributed by atoms with Gasteiger partial charge in [-0.25, -0.2) is 4.79 Å². The normalized spacial score (nSPS) is 15.3. The Morgan fingerprint density at radius 2 is 1.87 bits per heavy atom. The maximum Gasteiger partial charge on any atom is 0.335 e. The smallest absolute Gasteiger partial charge is 0.335 e. The maximum atomic E-state index is 12.6. The number of rotatable bonds is 3. The van der Waals surface area contributed by atoms with E-state index in [1.54, 1.807) is 19.2 Å². The highest BCUT2D eigenvalue weighted by Crippen LogP contribution is 2.28. The molecule has 1 N–H and O–H groups in total. The molecule has 3 rings (SSSR count). The lowest BCUT2D eigenvalue weighted by Gasteiger charge is -2.18. The summed E-state index contributed by atoms with van der Waals surface area (Å²) in [5.41, 5.74) is 3.31. The lowest BCUT2D eigenvalue weighted by Crippen LogP contribution is -2.15. The van der Waals surface area contributed by atoms with Crippen LogP contribution in [0, 0.1) is 0 Å². The molecule has 23 heavy (non-hydrogen) atoms. The van der Waals surface area contributed by atoms with Gasteiger partial charge in [0.1, 0.15) is 5.75 Å². The number of carboxylic acid groups (broad SMARTS) is 1. The molecule has 0 heterocycles. The first kappa shape index (κ1) is 15.0. The van der Waals surface area contributed by atoms with Crippen molar-refractivity contribution < 1.29 is 19.4 Å². The van der Waals surface area contributed by atoms with Gasteiger partial charge in [-0.1, -0.05) is 12.1 Å². The Morgan fingerprint density at radius 1 is 1.13 bits per heavy atom. The predicted octanol–water partition coefficient (Wildman–Crippen LogP) is 3.61. The van der Waals surface area contributed by atoms with Crippen LogP contribution in [0.15, 0.2) is 48.0 Å². The van der Waals surface area contributed by atoms with Gasteiger partial charge in [0.15, 0.2) is 5.78 Å². The fraction of sp³-hybridized carbons (Fsp3) is 0.158. The third-order valence-corrected chi connectivity index (χ3v) is 4.01. The van der Waals surface area contributed by atoms with Crippen molar-refractivity contribution in [1.82, 2.24) is 0 Å². The second kappa shape index (κ2) is 6.08. The monoisotopic (exact) mass is 308 g/mol. The van der Waals surface area contributed by atoms with Crippen molar-refractivity contribution in [2.45, 2.75) is 12.8 Å². The number of carboxylic acids is 1. The summed E-state index contributed by atoms with van der Waals surface area (Å²) in [5.74, 6) is -0.229. The molecular formula is C19H16O4. The fourth-order valence-electron chi connectivity index (χ4n) is 2.75. The molecule has 1 aliphatic rings. The van der Waals surface area contributed by atoms with Gasteiger partial charge in [-0.15, -0.1) is 0 Å². The van der Waals surface area contributed by atoms with E-state index in [0.717, 1.165) is 22.4 Å². The summed E-state index contributed by atoms with van der Waals surface area (Å²) in [6.45, 7) is 0. The van der Waals surface area contributed by atoms with Crippen LogP contribution in [0.3, 0.4) is 0 Å². The van der Waals surface area contributed by atoms with Gasteiger partial charge < -0.3 is 9.84 Å². The molecular weight excluding hydrogens is 292 g/mol. The summed E-state index contributed by atoms with van der Waals surface area (Å²) in [6.07, 6.45) is 3.17. The van der Waals surface area contributed by atoms with E-state index >= 15 is 0 Å². The zero-order valence-electron chi connectivity index (χ0n) is 12.7. The number of hydrogen-bond donors (Lipinski definition) is 1. The number of ether oxygens (including phenoxy) is 1. The third kappa shape index (κ3) is 3.01. The van der Waals surface area contributed by atoms with Crippen LogP contribution in [0.4, 0.5) is 0 Å². The van der Waals surface area contributed by atoms with Crippen molar-refractivity contribution >= 4 is 17.8 Å². The minimum atomic E-state index is -0.972. The third-order valence-electron chi connectivity index (χ3n) is 4.01. The first-order valence-corrected chi connectivity index (χ1v) is 7.34. The summed E-state index contributed by atoms with van der Waals surface area (Å²) in [6, 6.07) is 12.2. The van der Waals surface area contributed by atoms with E-state index in [0.29, 0.717) is 18.4 Å². The number of aromatic carboxylic acids is 1. The SMILES string of the molecule is COc1ccc(C=C2CCc3cc(C(=O)O)ccc3C2=O)cc1. The molecule has 0 saturated heterocycles. The summed E-state index contributed by atoms with van der Waals surface area (Å²) in [5, 5.41) is 9.04. The second-order valence-corrected chi connectivity index (χ2v) is 5.45. The average Bonchev–Trinajstić information content (AvgIpc) is 2.57. The number of benzene rings is 2. The molecule has 0 bridgehead atoms. The molecule has 0 aliphatic heterocycles. The van der Waals surface area contributed by atoms with E-state index in [-0.39, 0.29) is 11.3 Å². The maximum absolute atomic E-state index is 12.6. The van der Waals surface area contributed by atoms with E-state index in [1.807, 2.05) is 30.3 Å². The number of hydrogen-bond acceptors (Lipinski definition) is 3. The van der Waals surface area contributed by atoms with E-state index in [2.05, 4.69) is 0 Å². The Morgan fingerprint density at radius 3 is 2.52 bits per heavy atom. The van der Waals surface area contributed by atoms with Crippen molar-refractivity contribution in [3.63, 3.8) is 0 Å². The number of methoxy groups -OCH3 is 1. The first-order chi connectivity index (χ1) is 11.1. The van der Waals surface area contributed by atoms with E-state index in [9.17, 15) is 9.59 Å². The number of Topliss-reactive ketones (excluding diaryl/α,β-unsaturated/α-hetero) is 1. The minimum absolute atomic E-state index is 0.0287. The first-order valence-electron chi connectivity index (χ1n) is 7.34. The van der Waals surface area contributed by atoms with Gasteiger partial charge >= 0.3 is 5.97 Å². The highest BCUT2D eigenvalue weighted by atomic mass is 16.5. The number of aryl methyl sites for hydroxylation is 1. The molecule has 0 atom stereocenters. The summed E-state index contributed by atoms with van der Waals surface area (Å²) >= 11 is 0. The van der Waals surface area contributed by atoms with Crippen LogP contribution in [0.5, 0.6) is 5.75 Å². The van der Waals surface area contributed by atoms with Crippen molar-refractivity contribution in [2.24, 2.45) is 0 Å². The number of carbonyl (C=O) groups excluding carboxylic acids is 1. The van der Waals surface area contributed by atoms with E-state index in [4.69, 9.17) is 9.84 Å². The van der Waals surface area contributed by atoms with E-state index < -0.39 is 5.97 Å². The molecule has 0 aromatic heterocycles. The van der Waals surface area contributed by atoms with Crippen LogP contribution in [-0.2, 0) is 6.42 Å². The Labute approximate surface area is 134 Å². The highest BCUT2D eigenvalue weighted by molar-refractivity contribution is 6.13. The Hall–Kier alpha value is -2.88. The fourth-order valence-corrected chi connectivity index (χ4v) is 2.75. The lowest BCUT2D eigenvalue weighted by atomic mass is 9.85. The Balaban J connectivity index is 1.90. The summed E-state index contributed by atoms with van der Waals surface area (Å²) < 4.78 is 5.12. The molecule has 0 fully saturated rings. The molecule has 116 valence electrons. The molecule has 1 aliphatic carbocycles. The topological polar surface area (TPSA) is 63.6 Å². The van der Waals surface area contributed by atoms with Gasteiger partial charge in [0.05, 0.1) is 12.7 Å². The van der Waals surface area contributed by atoms with Gasteiger partial charge in [0, 0.05) is 11.1 Å². The van der Waals surface area contributed by atoms with E-state index in [1.165, 1.54) is 6.07 Å². The molecule has 0 saturated carbocycles. The quantitative estimate of drug-likeness (QED) is 0.880. The van der Waals surface area contributed by atoms with Gasteiger partial charge in [-0.05, 0) is 60.4 Å². The number of fused-ring (bicyclic) bond motifs is 1. The Kier molecular flexibility index (Phi) is 3.98. The molecule has 0 radical (unpaired) electrons. The van der Waals surface area contributed by atoms with Crippen LogP contribution in [0.2, 0.25) is 0 Å². The number of carbonyl (C=O) groups is 2. The zero-order valence-corrected chi connectivity index (χ0v) is 12.7. The molecule has 0 amide bonds. The largest absolute Gasteiger partial charge is 0.497 e. The van der Waals surface area contributed by atoms with Crippen LogP contribution < -0.4 is 4.74 Å². The summed E-state index contributed by atoms with van der Waals surface area (Å²) in [7, 11) is 1.61. The average molecular weight is 308 g/mol. The molecule has 0 unspecified atom stereocenters. The second-order valence-electron chi connectivity index (χ2n) is 5.45. The highest BCUT2D eigenvalue weighted by Gasteiger charge is 2.22. The van der Waals surface area contributed by atoms with Gasteiger partial charge in [-0.3, -0.25) is 4.79 Å². The zero-order chi connectivity index (χ0) is 16.4. The van der Waals surface area contributed by atoms with Crippen LogP contribution in [-0.4, -0.2) is 24.0 Å². The Bertz CT molecular complexity index is 801. The number of ketones is 1. The molecule has 2 aromatic carbocycles. The van der Waals surface area contributed by atoms with Crippen molar-refractivity contribution in [1.29, 1.82) is 0 Å². The van der Waals surface area contributed by atoms with Crippen molar-refractivity contribution in [3.8, 4) is 5.75 Å². The number of allylic oxidation sites excluding steroid dienone is 1. The molecule has 4 heteroatoms. The molecule has 0 spiro atoms. The minimum Gasteiger partial charge on any atom is -0.497 e. The van der Waals surface area contributed by atoms with Gasteiger partial charge in [0.25, 0.3) is 0 Å². The molecule has 4 nitrogen and oxygen atoms in total. The van der Waals surface area contributed by atoms with Crippen molar-refractivity contribution in [2.75, 3.05) is 7.11 Å². The standard InChI is InChI=1S/C19H16O4/c1-23-16-7-2-12(3-8-16)10-14-5-4-13-11-15(19(21)22)6-9-17(13)18(14)20/h2-3,6-11H,4-5H2,1H3,(H,21,22). The van der Waals surface area contributed by atoms with Gasteiger partial charge in [0.2, 0.25) is 0 Å². The van der Waals surface area contributed by atoms with Crippen LogP contribution in [0.1, 0.15) is 38.3 Å². The predicted molar refractivity (Wildman–Crippen MR) is 87.0 cm³/mol. The van der Waals surface area contributed by atoms with Crippen LogP contribution in [0.25, 0.3) is 6.08 Å². The molecule has 2 aromatic rings. The van der Waals surface area contributed by atoms with Crippen LogP contribution >= 0.6 is 0 Å². The summed E-state index contributed by atoms with van der Waals surface area (Å²) in [4.78, 5) is 23.6. The lowest BCUT2D eigenvalue weighted by molar-refractivity contribution is 0.0696. The van der Waals surface area contributed by atoms with Crippen molar-refractivity contribution in [3.05, 3.63) is 70.3 Å². The van der Waals surface area contributed by atoms with Gasteiger partial charge in [-0.2, -0.15) is 0 Å².